The Bertz CT molecular complexity index is 694. The van der Waals surface area contributed by atoms with Crippen molar-refractivity contribution in [2.45, 2.75) is 13.1 Å². The smallest absolute Gasteiger partial charge is 0.417 e. The van der Waals surface area contributed by atoms with Crippen molar-refractivity contribution in [3.05, 3.63) is 40.1 Å². The van der Waals surface area contributed by atoms with Gasteiger partial charge in [-0.05, 0) is 19.1 Å². The lowest BCUT2D eigenvalue weighted by atomic mass is 10.0. The van der Waals surface area contributed by atoms with Crippen LogP contribution in [0.3, 0.4) is 0 Å². The van der Waals surface area contributed by atoms with Crippen molar-refractivity contribution in [2.75, 3.05) is 7.11 Å². The van der Waals surface area contributed by atoms with Crippen molar-refractivity contribution in [3.63, 3.8) is 0 Å². The van der Waals surface area contributed by atoms with E-state index in [4.69, 9.17) is 16.1 Å². The molecule has 4 nitrogen and oxygen atoms in total. The molecule has 0 aliphatic rings. The lowest BCUT2D eigenvalue weighted by Crippen LogP contribution is -2.09. The highest BCUT2D eigenvalue weighted by atomic mass is 35.5. The van der Waals surface area contributed by atoms with E-state index in [1.165, 1.54) is 13.0 Å². The molecule has 0 fully saturated rings. The molecule has 21 heavy (non-hydrogen) atoms. The molecule has 1 aromatic carbocycles. The third kappa shape index (κ3) is 2.87. The van der Waals surface area contributed by atoms with Gasteiger partial charge in [-0.25, -0.2) is 4.79 Å². The van der Waals surface area contributed by atoms with Crippen LogP contribution in [0.5, 0.6) is 0 Å². The van der Waals surface area contributed by atoms with Crippen LogP contribution in [0.2, 0.25) is 5.02 Å². The van der Waals surface area contributed by atoms with Gasteiger partial charge in [-0.2, -0.15) is 13.2 Å². The van der Waals surface area contributed by atoms with Gasteiger partial charge in [0.05, 0.1) is 12.7 Å². The summed E-state index contributed by atoms with van der Waals surface area (Å²) in [6.45, 7) is 1.41. The third-order valence-electron chi connectivity index (χ3n) is 2.79. The average Bonchev–Trinajstić information content (AvgIpc) is 2.78. The first-order valence-electron chi connectivity index (χ1n) is 5.67. The predicted octanol–water partition coefficient (Wildman–Crippen LogP) is 4.11. The van der Waals surface area contributed by atoms with Gasteiger partial charge in [0.25, 0.3) is 0 Å². The fraction of sp³-hybridized carbons (Fsp3) is 0.231. The van der Waals surface area contributed by atoms with E-state index in [9.17, 15) is 18.0 Å². The Balaban J connectivity index is 2.72. The van der Waals surface area contributed by atoms with Crippen molar-refractivity contribution in [2.24, 2.45) is 0 Å². The van der Waals surface area contributed by atoms with E-state index in [2.05, 4.69) is 9.89 Å². The van der Waals surface area contributed by atoms with Crippen LogP contribution in [0, 0.1) is 6.92 Å². The van der Waals surface area contributed by atoms with Crippen molar-refractivity contribution in [3.8, 4) is 11.3 Å². The SMILES string of the molecule is COC(=O)c1c(-c2ccc(Cl)cc2C(F)(F)F)noc1C. The number of nitrogens with zero attached hydrogens (tertiary/aromatic N) is 1. The van der Waals surface area contributed by atoms with Crippen LogP contribution in [0.4, 0.5) is 13.2 Å². The number of aryl methyl sites for hydroxylation is 1. The number of methoxy groups -OCH3 is 1. The van der Waals surface area contributed by atoms with Gasteiger partial charge in [-0.3, -0.25) is 0 Å². The molecule has 0 saturated carbocycles. The number of ether oxygens (including phenoxy) is 1. The fourth-order valence-corrected chi connectivity index (χ4v) is 2.03. The van der Waals surface area contributed by atoms with Gasteiger partial charge in [0.15, 0.2) is 0 Å². The topological polar surface area (TPSA) is 52.3 Å². The Kier molecular flexibility index (Phi) is 3.95. The van der Waals surface area contributed by atoms with Crippen molar-refractivity contribution in [1.82, 2.24) is 5.16 Å². The first kappa shape index (κ1) is 15.4. The molecular weight excluding hydrogens is 311 g/mol. The van der Waals surface area contributed by atoms with Crippen LogP contribution in [-0.2, 0) is 10.9 Å². The van der Waals surface area contributed by atoms with Gasteiger partial charge in [-0.15, -0.1) is 0 Å². The van der Waals surface area contributed by atoms with E-state index in [0.29, 0.717) is 0 Å². The molecule has 2 rings (SSSR count). The summed E-state index contributed by atoms with van der Waals surface area (Å²) in [5, 5.41) is 3.46. The molecule has 1 aromatic heterocycles. The molecule has 0 aliphatic carbocycles. The number of carbonyl (C=O) groups excluding carboxylic acids is 1. The normalized spacial score (nSPS) is 11.5. The summed E-state index contributed by atoms with van der Waals surface area (Å²) < 4.78 is 48.7. The Morgan fingerprint density at radius 2 is 2.05 bits per heavy atom. The standard InChI is InChI=1S/C13H9ClF3NO3/c1-6-10(12(19)20-2)11(18-21-6)8-4-3-7(14)5-9(8)13(15,16)17/h3-5H,1-2H3. The van der Waals surface area contributed by atoms with E-state index in [1.54, 1.807) is 0 Å². The molecule has 2 aromatic rings. The highest BCUT2D eigenvalue weighted by Gasteiger charge is 2.36. The molecular formula is C13H9ClF3NO3. The second kappa shape index (κ2) is 5.40. The van der Waals surface area contributed by atoms with Gasteiger partial charge in [-0.1, -0.05) is 22.8 Å². The fourth-order valence-electron chi connectivity index (χ4n) is 1.86. The zero-order valence-electron chi connectivity index (χ0n) is 10.9. The number of hydrogen-bond acceptors (Lipinski definition) is 4. The minimum Gasteiger partial charge on any atom is -0.465 e. The highest BCUT2D eigenvalue weighted by Crippen LogP contribution is 2.39. The maximum atomic E-state index is 13.1. The molecule has 0 radical (unpaired) electrons. The van der Waals surface area contributed by atoms with Gasteiger partial charge < -0.3 is 9.26 Å². The Morgan fingerprint density at radius 3 is 2.62 bits per heavy atom. The Morgan fingerprint density at radius 1 is 1.38 bits per heavy atom. The lowest BCUT2D eigenvalue weighted by Gasteiger charge is -2.12. The summed E-state index contributed by atoms with van der Waals surface area (Å²) in [6, 6.07) is 3.17. The number of benzene rings is 1. The minimum absolute atomic E-state index is 0.0694. The van der Waals surface area contributed by atoms with Crippen LogP contribution in [0.15, 0.2) is 22.7 Å². The molecule has 0 N–H and O–H groups in total. The Labute approximate surface area is 122 Å². The highest BCUT2D eigenvalue weighted by molar-refractivity contribution is 6.30. The third-order valence-corrected chi connectivity index (χ3v) is 3.03. The maximum Gasteiger partial charge on any atom is 0.417 e. The van der Waals surface area contributed by atoms with E-state index < -0.39 is 17.7 Å². The summed E-state index contributed by atoms with van der Waals surface area (Å²) in [4.78, 5) is 11.7. The molecule has 112 valence electrons. The molecule has 8 heteroatoms. The molecule has 0 saturated heterocycles. The molecule has 0 spiro atoms. The van der Waals surface area contributed by atoms with Crippen LogP contribution in [-0.4, -0.2) is 18.2 Å². The van der Waals surface area contributed by atoms with Crippen molar-refractivity contribution >= 4 is 17.6 Å². The zero-order chi connectivity index (χ0) is 15.8. The summed E-state index contributed by atoms with van der Waals surface area (Å²) in [7, 11) is 1.12. The number of carbonyl (C=O) groups is 1. The number of alkyl halides is 3. The number of rotatable bonds is 2. The van der Waals surface area contributed by atoms with Gasteiger partial charge in [0.1, 0.15) is 17.0 Å². The second-order valence-electron chi connectivity index (χ2n) is 4.14. The molecule has 0 aliphatic heterocycles. The van der Waals surface area contributed by atoms with Crippen LogP contribution in [0.1, 0.15) is 21.7 Å². The van der Waals surface area contributed by atoms with Gasteiger partial charge in [0, 0.05) is 10.6 Å². The molecule has 0 bridgehead atoms. The monoisotopic (exact) mass is 319 g/mol. The van der Waals surface area contributed by atoms with Gasteiger partial charge in [0.2, 0.25) is 0 Å². The van der Waals surface area contributed by atoms with E-state index in [-0.39, 0.29) is 27.6 Å². The first-order chi connectivity index (χ1) is 9.75. The maximum absolute atomic E-state index is 13.1. The first-order valence-corrected chi connectivity index (χ1v) is 6.05. The lowest BCUT2D eigenvalue weighted by molar-refractivity contribution is -0.137. The molecule has 1 heterocycles. The second-order valence-corrected chi connectivity index (χ2v) is 4.58. The number of hydrogen-bond donors (Lipinski definition) is 0. The van der Waals surface area contributed by atoms with E-state index in [0.717, 1.165) is 19.2 Å². The summed E-state index contributed by atoms with van der Waals surface area (Å²) >= 11 is 5.61. The minimum atomic E-state index is -4.65. The van der Waals surface area contributed by atoms with E-state index in [1.807, 2.05) is 0 Å². The van der Waals surface area contributed by atoms with Crippen LogP contribution in [0.25, 0.3) is 11.3 Å². The van der Waals surface area contributed by atoms with Crippen molar-refractivity contribution < 1.29 is 27.2 Å². The zero-order valence-corrected chi connectivity index (χ0v) is 11.7. The number of aromatic nitrogens is 1. The summed E-state index contributed by atoms with van der Waals surface area (Å²) in [5.74, 6) is -0.758. The van der Waals surface area contributed by atoms with E-state index >= 15 is 0 Å². The number of esters is 1. The predicted molar refractivity (Wildman–Crippen MR) is 68.0 cm³/mol. The van der Waals surface area contributed by atoms with Crippen molar-refractivity contribution in [1.29, 1.82) is 0 Å². The number of halogens is 4. The van der Waals surface area contributed by atoms with Gasteiger partial charge >= 0.3 is 12.1 Å². The summed E-state index contributed by atoms with van der Waals surface area (Å²) in [5.41, 5.74) is -1.69. The van der Waals surface area contributed by atoms with Crippen LogP contribution >= 0.6 is 11.6 Å². The Hall–Kier alpha value is -2.02. The molecule has 0 amide bonds. The molecule has 0 atom stereocenters. The molecule has 0 unspecified atom stereocenters. The average molecular weight is 320 g/mol. The quantitative estimate of drug-likeness (QED) is 0.782. The van der Waals surface area contributed by atoms with Crippen LogP contribution < -0.4 is 0 Å². The largest absolute Gasteiger partial charge is 0.465 e. The summed E-state index contributed by atoms with van der Waals surface area (Å²) in [6.07, 6.45) is -4.65.